The first-order chi connectivity index (χ1) is 12.9. The van der Waals surface area contributed by atoms with Crippen LogP contribution in [-0.4, -0.2) is 65.3 Å². The van der Waals surface area contributed by atoms with Crippen molar-refractivity contribution >= 4 is 39.8 Å². The van der Waals surface area contributed by atoms with Crippen LogP contribution in [0, 0.1) is 5.92 Å². The Kier molecular flexibility index (Phi) is 11.4. The Balaban J connectivity index is 0.00000392. The molecule has 1 saturated heterocycles. The molecule has 1 aliphatic rings. The number of nitrogens with zero attached hydrogens (tertiary/aromatic N) is 2. The van der Waals surface area contributed by atoms with Crippen LogP contribution in [-0.2, 0) is 16.3 Å². The summed E-state index contributed by atoms with van der Waals surface area (Å²) < 4.78 is 23.0. The highest BCUT2D eigenvalue weighted by atomic mass is 127. The Morgan fingerprint density at radius 3 is 2.32 bits per heavy atom. The van der Waals surface area contributed by atoms with Crippen LogP contribution in [0.15, 0.2) is 34.2 Å². The molecule has 2 rings (SSSR count). The van der Waals surface area contributed by atoms with E-state index in [1.54, 1.807) is 19.2 Å². The van der Waals surface area contributed by atoms with Crippen molar-refractivity contribution in [3.8, 4) is 0 Å². The summed E-state index contributed by atoms with van der Waals surface area (Å²) in [6, 6.07) is 7.07. The molecule has 0 atom stereocenters. The fraction of sp³-hybridized carbons (Fsp3) is 0.650. The predicted octanol–water partition coefficient (Wildman–Crippen LogP) is 2.54. The minimum absolute atomic E-state index is 0. The van der Waals surface area contributed by atoms with Crippen LogP contribution in [0.3, 0.4) is 0 Å². The van der Waals surface area contributed by atoms with Crippen molar-refractivity contribution in [2.45, 2.75) is 37.5 Å². The van der Waals surface area contributed by atoms with Crippen LogP contribution >= 0.6 is 24.0 Å². The van der Waals surface area contributed by atoms with Gasteiger partial charge in [0.05, 0.1) is 4.90 Å². The summed E-state index contributed by atoms with van der Waals surface area (Å²) in [5.74, 6) is 1.69. The van der Waals surface area contributed by atoms with E-state index in [2.05, 4.69) is 27.4 Å². The Hall–Kier alpha value is -0.870. The SMILES string of the molecule is CN=C(NCCCN1CCC(C)CC1)NCCc1ccc(S(C)(=O)=O)cc1.I. The number of benzene rings is 1. The molecule has 160 valence electrons. The highest BCUT2D eigenvalue weighted by Crippen LogP contribution is 2.15. The summed E-state index contributed by atoms with van der Waals surface area (Å²) in [5, 5.41) is 6.68. The molecule has 1 aliphatic heterocycles. The molecule has 0 spiro atoms. The van der Waals surface area contributed by atoms with Gasteiger partial charge in [-0.3, -0.25) is 4.99 Å². The van der Waals surface area contributed by atoms with Crippen molar-refractivity contribution < 1.29 is 8.42 Å². The van der Waals surface area contributed by atoms with Gasteiger partial charge < -0.3 is 15.5 Å². The van der Waals surface area contributed by atoms with E-state index in [0.29, 0.717) is 4.90 Å². The quantitative estimate of drug-likeness (QED) is 0.238. The number of guanidine groups is 1. The third-order valence-corrected chi connectivity index (χ3v) is 6.23. The summed E-state index contributed by atoms with van der Waals surface area (Å²) in [7, 11) is -1.35. The van der Waals surface area contributed by atoms with Gasteiger partial charge in [-0.15, -0.1) is 24.0 Å². The van der Waals surface area contributed by atoms with Crippen molar-refractivity contribution in [3.05, 3.63) is 29.8 Å². The highest BCUT2D eigenvalue weighted by Gasteiger charge is 2.14. The Morgan fingerprint density at radius 2 is 1.75 bits per heavy atom. The average Bonchev–Trinajstić information content (AvgIpc) is 2.65. The first kappa shape index (κ1) is 25.2. The Labute approximate surface area is 187 Å². The van der Waals surface area contributed by atoms with Crippen LogP contribution in [0.4, 0.5) is 0 Å². The highest BCUT2D eigenvalue weighted by molar-refractivity contribution is 14.0. The standard InChI is InChI=1S/C20H34N4O2S.HI/c1-17-10-15-24(16-11-17)14-4-12-22-20(21-2)23-13-9-18-5-7-19(8-6-18)27(3,25)26;/h5-8,17H,4,9-16H2,1-3H3,(H2,21,22,23);1H. The Morgan fingerprint density at radius 1 is 1.14 bits per heavy atom. The number of aliphatic imine (C=N–C) groups is 1. The number of likely N-dealkylation sites (tertiary alicyclic amines) is 1. The summed E-state index contributed by atoms with van der Waals surface area (Å²) in [5.41, 5.74) is 1.10. The van der Waals surface area contributed by atoms with Crippen molar-refractivity contribution in [1.29, 1.82) is 0 Å². The molecule has 0 saturated carbocycles. The number of sulfone groups is 1. The summed E-state index contributed by atoms with van der Waals surface area (Å²) in [6.45, 7) is 7.60. The van der Waals surface area contributed by atoms with Gasteiger partial charge in [-0.25, -0.2) is 8.42 Å². The van der Waals surface area contributed by atoms with Crippen LogP contribution in [0.5, 0.6) is 0 Å². The number of halogens is 1. The van der Waals surface area contributed by atoms with Crippen molar-refractivity contribution in [3.63, 3.8) is 0 Å². The van der Waals surface area contributed by atoms with Crippen LogP contribution in [0.1, 0.15) is 31.7 Å². The maximum atomic E-state index is 11.5. The summed E-state index contributed by atoms with van der Waals surface area (Å²) >= 11 is 0. The van der Waals surface area contributed by atoms with Gasteiger partial charge in [0.2, 0.25) is 0 Å². The van der Waals surface area contributed by atoms with E-state index in [4.69, 9.17) is 0 Å². The molecule has 8 heteroatoms. The van der Waals surface area contributed by atoms with Crippen molar-refractivity contribution in [2.75, 3.05) is 46.0 Å². The van der Waals surface area contributed by atoms with Crippen LogP contribution < -0.4 is 10.6 Å². The topological polar surface area (TPSA) is 73.8 Å². The lowest BCUT2D eigenvalue weighted by Crippen LogP contribution is -2.40. The third-order valence-electron chi connectivity index (χ3n) is 5.10. The number of rotatable bonds is 8. The van der Waals surface area contributed by atoms with E-state index in [9.17, 15) is 8.42 Å². The van der Waals surface area contributed by atoms with Gasteiger partial charge >= 0.3 is 0 Å². The molecule has 1 aromatic carbocycles. The summed E-state index contributed by atoms with van der Waals surface area (Å²) in [4.78, 5) is 7.18. The number of piperidine rings is 1. The van der Waals surface area contributed by atoms with Crippen molar-refractivity contribution in [1.82, 2.24) is 15.5 Å². The van der Waals surface area contributed by atoms with Gasteiger partial charge in [0.25, 0.3) is 0 Å². The van der Waals surface area contributed by atoms with Crippen LogP contribution in [0.2, 0.25) is 0 Å². The predicted molar refractivity (Wildman–Crippen MR) is 127 cm³/mol. The van der Waals surface area contributed by atoms with E-state index in [1.807, 2.05) is 12.1 Å². The molecule has 0 radical (unpaired) electrons. The number of hydrogen-bond donors (Lipinski definition) is 2. The lowest BCUT2D eigenvalue weighted by molar-refractivity contribution is 0.191. The minimum Gasteiger partial charge on any atom is -0.356 e. The average molecular weight is 522 g/mol. The second-order valence-electron chi connectivity index (χ2n) is 7.47. The van der Waals surface area contributed by atoms with Gasteiger partial charge in [0, 0.05) is 26.4 Å². The molecule has 1 fully saturated rings. The lowest BCUT2D eigenvalue weighted by Gasteiger charge is -2.30. The smallest absolute Gasteiger partial charge is 0.190 e. The largest absolute Gasteiger partial charge is 0.356 e. The molecular weight excluding hydrogens is 487 g/mol. The third kappa shape index (κ3) is 9.09. The van der Waals surface area contributed by atoms with Crippen molar-refractivity contribution in [2.24, 2.45) is 10.9 Å². The molecule has 2 N–H and O–H groups in total. The zero-order chi connectivity index (χ0) is 19.7. The second-order valence-corrected chi connectivity index (χ2v) is 9.49. The first-order valence-electron chi connectivity index (χ1n) is 9.84. The maximum absolute atomic E-state index is 11.5. The molecular formula is C20H35IN4O2S. The molecule has 0 aromatic heterocycles. The van der Waals surface area contributed by atoms with Crippen LogP contribution in [0.25, 0.3) is 0 Å². The molecule has 1 aromatic rings. The molecule has 1 heterocycles. The zero-order valence-electron chi connectivity index (χ0n) is 17.3. The molecule has 6 nitrogen and oxygen atoms in total. The van der Waals surface area contributed by atoms with E-state index in [-0.39, 0.29) is 24.0 Å². The normalized spacial score (nSPS) is 16.5. The first-order valence-corrected chi connectivity index (χ1v) is 11.7. The minimum atomic E-state index is -3.13. The van der Waals surface area contributed by atoms with E-state index >= 15 is 0 Å². The molecule has 28 heavy (non-hydrogen) atoms. The fourth-order valence-corrected chi connectivity index (χ4v) is 3.87. The lowest BCUT2D eigenvalue weighted by atomic mass is 9.99. The number of nitrogens with one attached hydrogen (secondary N) is 2. The van der Waals surface area contributed by atoms with Gasteiger partial charge in [-0.2, -0.15) is 0 Å². The van der Waals surface area contributed by atoms with Gasteiger partial charge in [0.15, 0.2) is 15.8 Å². The summed E-state index contributed by atoms with van der Waals surface area (Å²) in [6.07, 6.45) is 5.80. The monoisotopic (exact) mass is 522 g/mol. The van der Waals surface area contributed by atoms with Gasteiger partial charge in [-0.05, 0) is 68.9 Å². The molecule has 0 aliphatic carbocycles. The van der Waals surface area contributed by atoms with Gasteiger partial charge in [-0.1, -0.05) is 19.1 Å². The molecule has 0 unspecified atom stereocenters. The maximum Gasteiger partial charge on any atom is 0.190 e. The molecule has 0 amide bonds. The Bertz CT molecular complexity index is 699. The van der Waals surface area contributed by atoms with E-state index < -0.39 is 9.84 Å². The molecule has 0 bridgehead atoms. The fourth-order valence-electron chi connectivity index (χ4n) is 3.24. The van der Waals surface area contributed by atoms with Gasteiger partial charge in [0.1, 0.15) is 0 Å². The zero-order valence-corrected chi connectivity index (χ0v) is 20.4. The van der Waals surface area contributed by atoms with E-state index in [0.717, 1.165) is 49.9 Å². The second kappa shape index (κ2) is 12.6. The number of hydrogen-bond acceptors (Lipinski definition) is 4. The van der Waals surface area contributed by atoms with E-state index in [1.165, 1.54) is 32.2 Å².